The molecule has 0 saturated heterocycles. The summed E-state index contributed by atoms with van der Waals surface area (Å²) in [6, 6.07) is 7.46. The first-order valence-electron chi connectivity index (χ1n) is 6.81. The quantitative estimate of drug-likeness (QED) is 0.783. The Morgan fingerprint density at radius 1 is 1.42 bits per heavy atom. The van der Waals surface area contributed by atoms with Gasteiger partial charge in [-0.15, -0.1) is 6.42 Å². The first-order valence-corrected chi connectivity index (χ1v) is 6.81. The van der Waals surface area contributed by atoms with Crippen LogP contribution in [0.1, 0.15) is 38.2 Å². The number of hydrogen-bond acceptors (Lipinski definition) is 1. The molecule has 2 rings (SSSR count). The third kappa shape index (κ3) is 4.03. The second kappa shape index (κ2) is 6.29. The number of benzene rings is 1. The third-order valence-corrected chi connectivity index (χ3v) is 3.56. The van der Waals surface area contributed by atoms with Gasteiger partial charge in [-0.1, -0.05) is 31.8 Å². The van der Waals surface area contributed by atoms with Crippen molar-refractivity contribution in [1.29, 1.82) is 0 Å². The molecule has 1 aliphatic rings. The highest BCUT2D eigenvalue weighted by atomic mass is 16.2. The largest absolute Gasteiger partial charge is 0.335 e. The Labute approximate surface area is 114 Å². The Morgan fingerprint density at radius 3 is 3.00 bits per heavy atom. The molecule has 100 valence electrons. The highest BCUT2D eigenvalue weighted by molar-refractivity contribution is 5.89. The van der Waals surface area contributed by atoms with Crippen LogP contribution >= 0.6 is 0 Å². The Balaban J connectivity index is 1.88. The van der Waals surface area contributed by atoms with E-state index in [-0.39, 0.29) is 6.03 Å². The zero-order valence-electron chi connectivity index (χ0n) is 11.3. The Morgan fingerprint density at radius 2 is 2.26 bits per heavy atom. The average Bonchev–Trinajstić information content (AvgIpc) is 2.38. The number of rotatable bonds is 2. The molecule has 1 aliphatic carbocycles. The molecule has 1 saturated carbocycles. The lowest BCUT2D eigenvalue weighted by Gasteiger charge is -2.27. The van der Waals surface area contributed by atoms with E-state index in [1.54, 1.807) is 6.07 Å². The fourth-order valence-corrected chi connectivity index (χ4v) is 2.60. The average molecular weight is 256 g/mol. The van der Waals surface area contributed by atoms with E-state index in [9.17, 15) is 4.79 Å². The van der Waals surface area contributed by atoms with Gasteiger partial charge in [-0.25, -0.2) is 4.79 Å². The third-order valence-electron chi connectivity index (χ3n) is 3.56. The minimum Gasteiger partial charge on any atom is -0.335 e. The van der Waals surface area contributed by atoms with Gasteiger partial charge in [0.1, 0.15) is 0 Å². The van der Waals surface area contributed by atoms with Gasteiger partial charge < -0.3 is 10.6 Å². The molecule has 1 fully saturated rings. The smallest absolute Gasteiger partial charge is 0.319 e. The lowest BCUT2D eigenvalue weighted by Crippen LogP contribution is -2.40. The van der Waals surface area contributed by atoms with Crippen LogP contribution < -0.4 is 10.6 Å². The maximum Gasteiger partial charge on any atom is 0.319 e. The van der Waals surface area contributed by atoms with Gasteiger partial charge in [0.2, 0.25) is 0 Å². The Bertz CT molecular complexity index is 490. The van der Waals surface area contributed by atoms with Crippen LogP contribution in [0, 0.1) is 18.3 Å². The topological polar surface area (TPSA) is 41.1 Å². The van der Waals surface area contributed by atoms with Crippen LogP contribution in [0.25, 0.3) is 0 Å². The molecule has 2 atom stereocenters. The van der Waals surface area contributed by atoms with Gasteiger partial charge in [-0.05, 0) is 37.0 Å². The summed E-state index contributed by atoms with van der Waals surface area (Å²) in [4.78, 5) is 11.9. The molecule has 0 heterocycles. The Kier molecular flexibility index (Phi) is 4.46. The van der Waals surface area contributed by atoms with Crippen LogP contribution in [0.5, 0.6) is 0 Å². The minimum atomic E-state index is -0.145. The molecule has 1 aromatic rings. The maximum absolute atomic E-state index is 11.9. The molecular formula is C16H20N2O. The molecule has 0 aliphatic heterocycles. The molecule has 19 heavy (non-hydrogen) atoms. The normalized spacial score (nSPS) is 22.3. The number of nitrogens with one attached hydrogen (secondary N) is 2. The Hall–Kier alpha value is -1.95. The molecule has 2 amide bonds. The van der Waals surface area contributed by atoms with Crippen molar-refractivity contribution in [3.8, 4) is 12.3 Å². The molecule has 0 bridgehead atoms. The summed E-state index contributed by atoms with van der Waals surface area (Å²) in [6.07, 6.45) is 9.94. The lowest BCUT2D eigenvalue weighted by atomic mass is 9.87. The van der Waals surface area contributed by atoms with E-state index in [1.807, 2.05) is 18.2 Å². The van der Waals surface area contributed by atoms with Crippen molar-refractivity contribution < 1.29 is 4.79 Å². The minimum absolute atomic E-state index is 0.145. The van der Waals surface area contributed by atoms with Crippen molar-refractivity contribution in [1.82, 2.24) is 5.32 Å². The summed E-state index contributed by atoms with van der Waals surface area (Å²) in [5.41, 5.74) is 1.50. The molecule has 0 aromatic heterocycles. The molecule has 0 radical (unpaired) electrons. The second-order valence-corrected chi connectivity index (χ2v) is 5.29. The molecule has 3 nitrogen and oxygen atoms in total. The standard InChI is InChI=1S/C16H20N2O/c1-3-13-7-5-9-15(11-13)18-16(19)17-14-8-4-6-12(2)10-14/h1,5,7,9,11-12,14H,4,6,8,10H2,2H3,(H2,17,18,19)/t12-,14+/m1/s1. The van der Waals surface area contributed by atoms with Crippen molar-refractivity contribution >= 4 is 11.7 Å². The molecule has 0 unspecified atom stereocenters. The monoisotopic (exact) mass is 256 g/mol. The number of carbonyl (C=O) groups excluding carboxylic acids is 1. The molecule has 3 heteroatoms. The zero-order valence-corrected chi connectivity index (χ0v) is 11.3. The first-order chi connectivity index (χ1) is 9.17. The van der Waals surface area contributed by atoms with E-state index < -0.39 is 0 Å². The fraction of sp³-hybridized carbons (Fsp3) is 0.438. The van der Waals surface area contributed by atoms with Crippen LogP contribution in [-0.4, -0.2) is 12.1 Å². The van der Waals surface area contributed by atoms with E-state index >= 15 is 0 Å². The summed E-state index contributed by atoms with van der Waals surface area (Å²) < 4.78 is 0. The van der Waals surface area contributed by atoms with Gasteiger partial charge in [0.25, 0.3) is 0 Å². The maximum atomic E-state index is 11.9. The molecular weight excluding hydrogens is 236 g/mol. The van der Waals surface area contributed by atoms with Crippen LogP contribution in [0.2, 0.25) is 0 Å². The van der Waals surface area contributed by atoms with Crippen molar-refractivity contribution in [3.63, 3.8) is 0 Å². The summed E-state index contributed by atoms with van der Waals surface area (Å²) in [5.74, 6) is 3.25. The van der Waals surface area contributed by atoms with Crippen LogP contribution in [-0.2, 0) is 0 Å². The van der Waals surface area contributed by atoms with Crippen molar-refractivity contribution in [2.24, 2.45) is 5.92 Å². The van der Waals surface area contributed by atoms with E-state index in [1.165, 1.54) is 12.8 Å². The van der Waals surface area contributed by atoms with Crippen LogP contribution in [0.3, 0.4) is 0 Å². The van der Waals surface area contributed by atoms with Gasteiger partial charge in [0, 0.05) is 17.3 Å². The highest BCUT2D eigenvalue weighted by Gasteiger charge is 2.20. The van der Waals surface area contributed by atoms with Gasteiger partial charge in [0.15, 0.2) is 0 Å². The van der Waals surface area contributed by atoms with Gasteiger partial charge >= 0.3 is 6.03 Å². The summed E-state index contributed by atoms with van der Waals surface area (Å²) in [6.45, 7) is 2.24. The molecule has 2 N–H and O–H groups in total. The van der Waals surface area contributed by atoms with Crippen molar-refractivity contribution in [2.45, 2.75) is 38.6 Å². The summed E-state index contributed by atoms with van der Waals surface area (Å²) >= 11 is 0. The van der Waals surface area contributed by atoms with E-state index in [0.29, 0.717) is 12.0 Å². The first kappa shape index (κ1) is 13.5. The van der Waals surface area contributed by atoms with Gasteiger partial charge in [-0.2, -0.15) is 0 Å². The fourth-order valence-electron chi connectivity index (χ4n) is 2.60. The predicted molar refractivity (Wildman–Crippen MR) is 78.0 cm³/mol. The van der Waals surface area contributed by atoms with Crippen LogP contribution in [0.15, 0.2) is 24.3 Å². The lowest BCUT2D eigenvalue weighted by molar-refractivity contribution is 0.238. The number of carbonyl (C=O) groups is 1. The SMILES string of the molecule is C#Cc1cccc(NC(=O)N[C@H]2CCC[C@@H](C)C2)c1. The van der Waals surface area contributed by atoms with Crippen molar-refractivity contribution in [2.75, 3.05) is 5.32 Å². The van der Waals surface area contributed by atoms with Gasteiger partial charge in [0.05, 0.1) is 0 Å². The molecule has 0 spiro atoms. The number of urea groups is 1. The van der Waals surface area contributed by atoms with Gasteiger partial charge in [-0.3, -0.25) is 0 Å². The van der Waals surface area contributed by atoms with Crippen LogP contribution in [0.4, 0.5) is 10.5 Å². The van der Waals surface area contributed by atoms with E-state index in [2.05, 4.69) is 23.5 Å². The number of amides is 2. The number of hydrogen-bond donors (Lipinski definition) is 2. The summed E-state index contributed by atoms with van der Waals surface area (Å²) in [7, 11) is 0. The predicted octanol–water partition coefficient (Wildman–Crippen LogP) is 3.37. The van der Waals surface area contributed by atoms with Crippen molar-refractivity contribution in [3.05, 3.63) is 29.8 Å². The van der Waals surface area contributed by atoms with E-state index in [4.69, 9.17) is 6.42 Å². The molecule has 1 aromatic carbocycles. The van der Waals surface area contributed by atoms with E-state index in [0.717, 1.165) is 24.1 Å². The number of terminal acetylenes is 1. The number of anilines is 1. The second-order valence-electron chi connectivity index (χ2n) is 5.29. The highest BCUT2D eigenvalue weighted by Crippen LogP contribution is 2.23. The zero-order chi connectivity index (χ0) is 13.7. The summed E-state index contributed by atoms with van der Waals surface area (Å²) in [5, 5.41) is 5.87.